The number of fused-ring (bicyclic) bond motifs is 2. The van der Waals surface area contributed by atoms with E-state index in [1.54, 1.807) is 0 Å². The van der Waals surface area contributed by atoms with E-state index in [9.17, 15) is 4.79 Å². The van der Waals surface area contributed by atoms with Crippen molar-refractivity contribution in [1.29, 1.82) is 0 Å². The van der Waals surface area contributed by atoms with E-state index in [4.69, 9.17) is 4.74 Å². The molecule has 0 aromatic rings. The van der Waals surface area contributed by atoms with Crippen molar-refractivity contribution in [3.8, 4) is 0 Å². The quantitative estimate of drug-likeness (QED) is 0.438. The first-order valence-corrected chi connectivity index (χ1v) is 4.48. The number of hydrogen-bond donors (Lipinski definition) is 0. The number of allylic oxidation sites excluding steroid dienone is 2. The van der Waals surface area contributed by atoms with Crippen LogP contribution >= 0.6 is 0 Å². The third kappa shape index (κ3) is 0.977. The fraction of sp³-hybridized carbons (Fsp3) is 0.700. The van der Waals surface area contributed by atoms with Gasteiger partial charge in [0.15, 0.2) is 0 Å². The van der Waals surface area contributed by atoms with E-state index in [1.807, 2.05) is 0 Å². The summed E-state index contributed by atoms with van der Waals surface area (Å²) in [6.07, 6.45) is 4.43. The molecule has 0 aliphatic heterocycles. The van der Waals surface area contributed by atoms with Crippen LogP contribution in [0.5, 0.6) is 0 Å². The largest absolute Gasteiger partial charge is 0.469 e. The maximum absolute atomic E-state index is 11.3. The van der Waals surface area contributed by atoms with Crippen LogP contribution in [0.3, 0.4) is 0 Å². The van der Waals surface area contributed by atoms with Gasteiger partial charge >= 0.3 is 5.97 Å². The van der Waals surface area contributed by atoms with Crippen LogP contribution in [0, 0.1) is 17.8 Å². The summed E-state index contributed by atoms with van der Waals surface area (Å²) >= 11 is 0. The highest BCUT2D eigenvalue weighted by Crippen LogP contribution is 2.47. The Labute approximate surface area is 72.6 Å². The van der Waals surface area contributed by atoms with E-state index in [0.717, 1.165) is 6.42 Å². The molecule has 2 heteroatoms. The minimum absolute atomic E-state index is 0.0220. The molecule has 2 bridgehead atoms. The van der Waals surface area contributed by atoms with Gasteiger partial charge in [-0.15, -0.1) is 0 Å². The predicted molar refractivity (Wildman–Crippen MR) is 45.5 cm³/mol. The standard InChI is InChI=1S/C10H14O2/c1-6-3-8-4-7(6)5-9(8)10(11)12-2/h3,7-9H,4-5H2,1-2H3/t7-,8+,9-/m0/s1. The molecule has 0 N–H and O–H groups in total. The summed E-state index contributed by atoms with van der Waals surface area (Å²) in [6, 6.07) is 0. The Morgan fingerprint density at radius 2 is 2.33 bits per heavy atom. The highest BCUT2D eigenvalue weighted by atomic mass is 16.5. The molecule has 0 aromatic heterocycles. The third-order valence-electron chi connectivity index (χ3n) is 3.24. The Morgan fingerprint density at radius 3 is 2.75 bits per heavy atom. The molecule has 2 rings (SSSR count). The normalized spacial score (nSPS) is 38.2. The zero-order valence-electron chi connectivity index (χ0n) is 7.54. The van der Waals surface area contributed by atoms with Gasteiger partial charge in [-0.25, -0.2) is 0 Å². The van der Waals surface area contributed by atoms with Gasteiger partial charge in [0, 0.05) is 0 Å². The Bertz CT molecular complexity index is 242. The average molecular weight is 166 g/mol. The number of carbonyl (C=O) groups is 1. The SMILES string of the molecule is COC(=O)[C@H]1C[C@@H]2C[C@H]1C=C2C. The van der Waals surface area contributed by atoms with Crippen LogP contribution in [0.15, 0.2) is 11.6 Å². The minimum atomic E-state index is -0.0220. The Morgan fingerprint density at radius 1 is 1.58 bits per heavy atom. The second-order valence-electron chi connectivity index (χ2n) is 3.87. The van der Waals surface area contributed by atoms with Gasteiger partial charge in [0.1, 0.15) is 0 Å². The summed E-state index contributed by atoms with van der Waals surface area (Å²) in [5.41, 5.74) is 1.47. The number of hydrogen-bond acceptors (Lipinski definition) is 2. The van der Waals surface area contributed by atoms with Crippen molar-refractivity contribution in [2.45, 2.75) is 19.8 Å². The summed E-state index contributed by atoms with van der Waals surface area (Å²) in [4.78, 5) is 11.3. The second kappa shape index (κ2) is 2.61. The fourth-order valence-electron chi connectivity index (χ4n) is 2.52. The molecular weight excluding hydrogens is 152 g/mol. The number of carbonyl (C=O) groups excluding carboxylic acids is 1. The Hall–Kier alpha value is -0.790. The minimum Gasteiger partial charge on any atom is -0.469 e. The average Bonchev–Trinajstić information content (AvgIpc) is 2.60. The van der Waals surface area contributed by atoms with Crippen LogP contribution in [0.1, 0.15) is 19.8 Å². The van der Waals surface area contributed by atoms with Gasteiger partial charge in [-0.2, -0.15) is 0 Å². The number of ether oxygens (including phenoxy) is 1. The van der Waals surface area contributed by atoms with Crippen LogP contribution in [0.25, 0.3) is 0 Å². The van der Waals surface area contributed by atoms with E-state index < -0.39 is 0 Å². The van der Waals surface area contributed by atoms with E-state index in [0.29, 0.717) is 11.8 Å². The lowest BCUT2D eigenvalue weighted by atomic mass is 9.90. The highest BCUT2D eigenvalue weighted by Gasteiger charge is 2.42. The van der Waals surface area contributed by atoms with Gasteiger partial charge < -0.3 is 4.74 Å². The zero-order valence-corrected chi connectivity index (χ0v) is 7.54. The van der Waals surface area contributed by atoms with Gasteiger partial charge in [0.05, 0.1) is 13.0 Å². The molecule has 2 nitrogen and oxygen atoms in total. The molecule has 0 amide bonds. The van der Waals surface area contributed by atoms with Crippen LogP contribution < -0.4 is 0 Å². The Kier molecular flexibility index (Phi) is 1.71. The second-order valence-corrected chi connectivity index (χ2v) is 3.87. The maximum atomic E-state index is 11.3. The summed E-state index contributed by atoms with van der Waals surface area (Å²) < 4.78 is 4.75. The highest BCUT2D eigenvalue weighted by molar-refractivity contribution is 5.74. The van der Waals surface area contributed by atoms with Crippen molar-refractivity contribution in [1.82, 2.24) is 0 Å². The van der Waals surface area contributed by atoms with E-state index in [1.165, 1.54) is 19.1 Å². The lowest BCUT2D eigenvalue weighted by Crippen LogP contribution is -2.20. The summed E-state index contributed by atoms with van der Waals surface area (Å²) in [5.74, 6) is 1.27. The van der Waals surface area contributed by atoms with Crippen molar-refractivity contribution in [3.63, 3.8) is 0 Å². The molecule has 66 valence electrons. The zero-order chi connectivity index (χ0) is 8.72. The molecule has 2 aliphatic rings. The van der Waals surface area contributed by atoms with Crippen molar-refractivity contribution < 1.29 is 9.53 Å². The fourth-order valence-corrected chi connectivity index (χ4v) is 2.52. The van der Waals surface area contributed by atoms with Crippen molar-refractivity contribution in [2.75, 3.05) is 7.11 Å². The molecule has 0 saturated heterocycles. The lowest BCUT2D eigenvalue weighted by molar-refractivity contribution is -0.146. The molecule has 3 atom stereocenters. The summed E-state index contributed by atoms with van der Waals surface area (Å²) in [5, 5.41) is 0. The van der Waals surface area contributed by atoms with Crippen molar-refractivity contribution in [3.05, 3.63) is 11.6 Å². The lowest BCUT2D eigenvalue weighted by Gasteiger charge is -2.16. The predicted octanol–water partition coefficient (Wildman–Crippen LogP) is 1.76. The number of esters is 1. The third-order valence-corrected chi connectivity index (χ3v) is 3.24. The molecule has 0 unspecified atom stereocenters. The van der Waals surface area contributed by atoms with Crippen LogP contribution in [-0.4, -0.2) is 13.1 Å². The molecular formula is C10H14O2. The van der Waals surface area contributed by atoms with Crippen molar-refractivity contribution in [2.24, 2.45) is 17.8 Å². The molecule has 12 heavy (non-hydrogen) atoms. The molecule has 2 aliphatic carbocycles. The van der Waals surface area contributed by atoms with Crippen LogP contribution in [-0.2, 0) is 9.53 Å². The van der Waals surface area contributed by atoms with Gasteiger partial charge in [-0.3, -0.25) is 4.79 Å². The first-order valence-electron chi connectivity index (χ1n) is 4.48. The molecule has 0 heterocycles. The van der Waals surface area contributed by atoms with E-state index in [-0.39, 0.29) is 11.9 Å². The number of methoxy groups -OCH3 is 1. The monoisotopic (exact) mass is 166 g/mol. The molecule has 1 fully saturated rings. The van der Waals surface area contributed by atoms with Gasteiger partial charge in [-0.05, 0) is 31.6 Å². The maximum Gasteiger partial charge on any atom is 0.309 e. The molecule has 0 radical (unpaired) electrons. The Balaban J connectivity index is 2.12. The van der Waals surface area contributed by atoms with Gasteiger partial charge in [0.25, 0.3) is 0 Å². The molecule has 1 saturated carbocycles. The van der Waals surface area contributed by atoms with E-state index >= 15 is 0 Å². The first-order chi connectivity index (χ1) is 5.72. The topological polar surface area (TPSA) is 26.3 Å². The molecule has 0 spiro atoms. The van der Waals surface area contributed by atoms with Crippen molar-refractivity contribution >= 4 is 5.97 Å². The smallest absolute Gasteiger partial charge is 0.309 e. The summed E-state index contributed by atoms with van der Waals surface area (Å²) in [6.45, 7) is 2.16. The number of rotatable bonds is 1. The van der Waals surface area contributed by atoms with Crippen LogP contribution in [0.4, 0.5) is 0 Å². The van der Waals surface area contributed by atoms with Gasteiger partial charge in [0.2, 0.25) is 0 Å². The molecule has 0 aromatic carbocycles. The van der Waals surface area contributed by atoms with Crippen LogP contribution in [0.2, 0.25) is 0 Å². The first kappa shape index (κ1) is 7.84. The summed E-state index contributed by atoms with van der Waals surface area (Å²) in [7, 11) is 1.48. The van der Waals surface area contributed by atoms with E-state index in [2.05, 4.69) is 13.0 Å². The van der Waals surface area contributed by atoms with Gasteiger partial charge in [-0.1, -0.05) is 11.6 Å².